The van der Waals surface area contributed by atoms with E-state index < -0.39 is 17.8 Å². The number of rotatable bonds is 1. The van der Waals surface area contributed by atoms with Gasteiger partial charge in [-0.3, -0.25) is 0 Å². The maximum atomic E-state index is 11.9. The van der Waals surface area contributed by atoms with Crippen molar-refractivity contribution in [3.8, 4) is 0 Å². The molecular weight excluding hydrogens is 156 g/mol. The maximum absolute atomic E-state index is 11.9. The van der Waals surface area contributed by atoms with Crippen molar-refractivity contribution < 1.29 is 8.78 Å². The van der Waals surface area contributed by atoms with Gasteiger partial charge in [0.2, 0.25) is 0 Å². The highest BCUT2D eigenvalue weighted by Gasteiger charge is 2.08. The van der Waals surface area contributed by atoms with Gasteiger partial charge in [0.25, 0.3) is 6.43 Å². The zero-order chi connectivity index (χ0) is 8.43. The third-order valence-electron chi connectivity index (χ3n) is 1.02. The largest absolute Gasteiger partial charge is 0.383 e. The SMILES string of the molecule is Nc1cc(C(F)F)[nH]c(=O)n1. The Morgan fingerprint density at radius 1 is 1.64 bits per heavy atom. The van der Waals surface area contributed by atoms with E-state index in [4.69, 9.17) is 5.73 Å². The summed E-state index contributed by atoms with van der Waals surface area (Å²) in [6.45, 7) is 0. The standard InChI is InChI=1S/C5H5F2N3O/c6-4(7)2-1-3(8)10-5(11)9-2/h1,4H,(H3,8,9,10,11). The van der Waals surface area contributed by atoms with Crippen LogP contribution in [-0.2, 0) is 0 Å². The van der Waals surface area contributed by atoms with Crippen molar-refractivity contribution in [3.05, 3.63) is 22.2 Å². The van der Waals surface area contributed by atoms with Gasteiger partial charge in [-0.25, -0.2) is 13.6 Å². The average Bonchev–Trinajstić information content (AvgIpc) is 1.85. The molecule has 0 bridgehead atoms. The van der Waals surface area contributed by atoms with E-state index >= 15 is 0 Å². The lowest BCUT2D eigenvalue weighted by atomic mass is 10.4. The van der Waals surface area contributed by atoms with E-state index in [1.54, 1.807) is 0 Å². The van der Waals surface area contributed by atoms with Gasteiger partial charge < -0.3 is 10.7 Å². The molecule has 3 N–H and O–H groups in total. The third-order valence-corrected chi connectivity index (χ3v) is 1.02. The number of aromatic nitrogens is 2. The molecule has 0 saturated carbocycles. The van der Waals surface area contributed by atoms with Crippen LogP contribution in [0.4, 0.5) is 14.6 Å². The van der Waals surface area contributed by atoms with Gasteiger partial charge in [0.15, 0.2) is 0 Å². The minimum atomic E-state index is -2.73. The molecule has 0 fully saturated rings. The van der Waals surface area contributed by atoms with Crippen molar-refractivity contribution in [2.45, 2.75) is 6.43 Å². The predicted octanol–water partition coefficient (Wildman–Crippen LogP) is 0.290. The fraction of sp³-hybridized carbons (Fsp3) is 0.200. The van der Waals surface area contributed by atoms with E-state index in [2.05, 4.69) is 4.98 Å². The second kappa shape index (κ2) is 2.65. The van der Waals surface area contributed by atoms with Gasteiger partial charge in [0, 0.05) is 6.07 Å². The monoisotopic (exact) mass is 161 g/mol. The summed E-state index contributed by atoms with van der Waals surface area (Å²) in [6.07, 6.45) is -2.73. The molecular formula is C5H5F2N3O. The van der Waals surface area contributed by atoms with E-state index in [1.165, 1.54) is 0 Å². The van der Waals surface area contributed by atoms with E-state index in [-0.39, 0.29) is 5.82 Å². The van der Waals surface area contributed by atoms with Crippen molar-refractivity contribution in [1.82, 2.24) is 9.97 Å². The van der Waals surface area contributed by atoms with E-state index in [0.717, 1.165) is 6.07 Å². The lowest BCUT2D eigenvalue weighted by Gasteiger charge is -1.97. The van der Waals surface area contributed by atoms with Crippen LogP contribution in [0.3, 0.4) is 0 Å². The first-order valence-corrected chi connectivity index (χ1v) is 2.74. The summed E-state index contributed by atoms with van der Waals surface area (Å²) in [5, 5.41) is 0. The molecule has 0 unspecified atom stereocenters. The topological polar surface area (TPSA) is 71.8 Å². The number of anilines is 1. The second-order valence-corrected chi connectivity index (χ2v) is 1.87. The summed E-state index contributed by atoms with van der Waals surface area (Å²) in [4.78, 5) is 15.4. The Morgan fingerprint density at radius 3 is 2.73 bits per heavy atom. The number of aromatic amines is 1. The maximum Gasteiger partial charge on any atom is 0.347 e. The Balaban J connectivity index is 3.19. The Bertz CT molecular complexity index is 309. The van der Waals surface area contributed by atoms with Crippen molar-refractivity contribution >= 4 is 5.82 Å². The second-order valence-electron chi connectivity index (χ2n) is 1.87. The van der Waals surface area contributed by atoms with Gasteiger partial charge in [-0.2, -0.15) is 4.98 Å². The minimum Gasteiger partial charge on any atom is -0.383 e. The summed E-state index contributed by atoms with van der Waals surface area (Å²) < 4.78 is 23.7. The Kier molecular flexibility index (Phi) is 1.84. The highest BCUT2D eigenvalue weighted by Crippen LogP contribution is 2.14. The van der Waals surface area contributed by atoms with Gasteiger partial charge in [0.1, 0.15) is 5.82 Å². The molecule has 0 radical (unpaired) electrons. The van der Waals surface area contributed by atoms with E-state index in [9.17, 15) is 13.6 Å². The summed E-state index contributed by atoms with van der Waals surface area (Å²) >= 11 is 0. The van der Waals surface area contributed by atoms with Crippen molar-refractivity contribution in [1.29, 1.82) is 0 Å². The molecule has 1 rings (SSSR count). The highest BCUT2D eigenvalue weighted by atomic mass is 19.3. The predicted molar refractivity (Wildman–Crippen MR) is 34.2 cm³/mol. The number of halogens is 2. The van der Waals surface area contributed by atoms with Crippen LogP contribution in [-0.4, -0.2) is 9.97 Å². The summed E-state index contributed by atoms with van der Waals surface area (Å²) in [5.74, 6) is -0.205. The van der Waals surface area contributed by atoms with Crippen LogP contribution in [0.25, 0.3) is 0 Å². The highest BCUT2D eigenvalue weighted by molar-refractivity contribution is 5.28. The van der Waals surface area contributed by atoms with Gasteiger partial charge in [-0.05, 0) is 0 Å². The first-order valence-electron chi connectivity index (χ1n) is 2.74. The molecule has 1 heterocycles. The summed E-state index contributed by atoms with van der Waals surface area (Å²) in [6, 6.07) is 0.923. The molecule has 0 aromatic carbocycles. The molecule has 0 amide bonds. The molecule has 1 aromatic heterocycles. The molecule has 0 aliphatic carbocycles. The van der Waals surface area contributed by atoms with Crippen LogP contribution < -0.4 is 11.4 Å². The molecule has 0 atom stereocenters. The van der Waals surface area contributed by atoms with E-state index in [0.29, 0.717) is 0 Å². The first kappa shape index (κ1) is 7.64. The molecule has 6 heteroatoms. The molecule has 11 heavy (non-hydrogen) atoms. The molecule has 0 saturated heterocycles. The van der Waals surface area contributed by atoms with Gasteiger partial charge in [0.05, 0.1) is 5.69 Å². The lowest BCUT2D eigenvalue weighted by Crippen LogP contribution is -2.14. The fourth-order valence-electron chi connectivity index (χ4n) is 0.614. The number of nitrogens with zero attached hydrogens (tertiary/aromatic N) is 1. The zero-order valence-electron chi connectivity index (χ0n) is 5.34. The number of hydrogen-bond acceptors (Lipinski definition) is 3. The van der Waals surface area contributed by atoms with Gasteiger partial charge >= 0.3 is 5.69 Å². The summed E-state index contributed by atoms with van der Waals surface area (Å²) in [5.41, 5.74) is 3.66. The average molecular weight is 161 g/mol. The molecule has 0 spiro atoms. The quantitative estimate of drug-likeness (QED) is 0.621. The number of nitrogens with one attached hydrogen (secondary N) is 1. The van der Waals surface area contributed by atoms with Gasteiger partial charge in [-0.1, -0.05) is 0 Å². The van der Waals surface area contributed by atoms with Crippen molar-refractivity contribution in [3.63, 3.8) is 0 Å². The molecule has 0 aliphatic heterocycles. The van der Waals surface area contributed by atoms with Crippen LogP contribution >= 0.6 is 0 Å². The normalized spacial score (nSPS) is 10.5. The first-order chi connectivity index (χ1) is 5.09. The lowest BCUT2D eigenvalue weighted by molar-refractivity contribution is 0.145. The molecule has 0 aliphatic rings. The number of hydrogen-bond donors (Lipinski definition) is 2. The Hall–Kier alpha value is -1.46. The molecule has 4 nitrogen and oxygen atoms in total. The zero-order valence-corrected chi connectivity index (χ0v) is 5.34. The van der Waals surface area contributed by atoms with Crippen LogP contribution in [0.5, 0.6) is 0 Å². The third kappa shape index (κ3) is 1.73. The van der Waals surface area contributed by atoms with Crippen molar-refractivity contribution in [2.75, 3.05) is 5.73 Å². The number of alkyl halides is 2. The molecule has 1 aromatic rings. The van der Waals surface area contributed by atoms with E-state index in [1.807, 2.05) is 4.98 Å². The molecule has 60 valence electrons. The number of nitrogens with two attached hydrogens (primary N) is 1. The van der Waals surface area contributed by atoms with Crippen LogP contribution in [0.15, 0.2) is 10.9 Å². The smallest absolute Gasteiger partial charge is 0.347 e. The van der Waals surface area contributed by atoms with Crippen LogP contribution in [0.2, 0.25) is 0 Å². The minimum absolute atomic E-state index is 0.205. The van der Waals surface area contributed by atoms with Crippen molar-refractivity contribution in [2.24, 2.45) is 0 Å². The summed E-state index contributed by atoms with van der Waals surface area (Å²) in [7, 11) is 0. The Labute approximate surface area is 60.1 Å². The van der Waals surface area contributed by atoms with Gasteiger partial charge in [-0.15, -0.1) is 0 Å². The number of H-pyrrole nitrogens is 1. The Morgan fingerprint density at radius 2 is 2.27 bits per heavy atom. The van der Waals surface area contributed by atoms with Crippen LogP contribution in [0, 0.1) is 0 Å². The number of nitrogen functional groups attached to an aromatic ring is 1. The van der Waals surface area contributed by atoms with Crippen LogP contribution in [0.1, 0.15) is 12.1 Å². The fourth-order valence-corrected chi connectivity index (χ4v) is 0.614.